The summed E-state index contributed by atoms with van der Waals surface area (Å²) in [5.41, 5.74) is 1.14. The molecule has 0 bridgehead atoms. The van der Waals surface area contributed by atoms with Gasteiger partial charge >= 0.3 is 0 Å². The first-order valence-electron chi connectivity index (χ1n) is 9.97. The minimum atomic E-state index is -0.00981. The van der Waals surface area contributed by atoms with Gasteiger partial charge < -0.3 is 14.8 Å². The Labute approximate surface area is 162 Å². The van der Waals surface area contributed by atoms with Crippen LogP contribution in [-0.2, 0) is 4.79 Å². The van der Waals surface area contributed by atoms with Gasteiger partial charge in [-0.2, -0.15) is 0 Å². The summed E-state index contributed by atoms with van der Waals surface area (Å²) in [5.74, 6) is 1.64. The van der Waals surface area contributed by atoms with Crippen LogP contribution in [0.2, 0.25) is 0 Å². The van der Waals surface area contributed by atoms with Crippen LogP contribution in [0.1, 0.15) is 57.4 Å². The van der Waals surface area contributed by atoms with Crippen LogP contribution in [0.15, 0.2) is 48.6 Å². The van der Waals surface area contributed by atoms with Crippen LogP contribution >= 0.6 is 0 Å². The largest absolute Gasteiger partial charge is 0.454 e. The van der Waals surface area contributed by atoms with Gasteiger partial charge in [0.05, 0.1) is 0 Å². The number of allylic oxidation sites excluding steroid dienone is 4. The summed E-state index contributed by atoms with van der Waals surface area (Å²) in [6.07, 6.45) is 19.5. The molecule has 1 N–H and O–H groups in total. The van der Waals surface area contributed by atoms with E-state index >= 15 is 0 Å². The van der Waals surface area contributed by atoms with Gasteiger partial charge in [0.15, 0.2) is 11.5 Å². The number of rotatable bonds is 12. The van der Waals surface area contributed by atoms with Gasteiger partial charge in [0.1, 0.15) is 0 Å². The molecule has 1 aliphatic heterocycles. The number of amides is 1. The van der Waals surface area contributed by atoms with Gasteiger partial charge in [0.2, 0.25) is 12.7 Å². The van der Waals surface area contributed by atoms with Gasteiger partial charge in [0.25, 0.3) is 0 Å². The molecule has 1 aromatic rings. The zero-order valence-electron chi connectivity index (χ0n) is 16.3. The van der Waals surface area contributed by atoms with Crippen molar-refractivity contribution in [2.45, 2.75) is 51.9 Å². The van der Waals surface area contributed by atoms with E-state index in [0.717, 1.165) is 62.1 Å². The van der Waals surface area contributed by atoms with Gasteiger partial charge in [0, 0.05) is 12.6 Å². The Balaban J connectivity index is 1.51. The lowest BCUT2D eigenvalue weighted by molar-refractivity contribution is -0.116. The van der Waals surface area contributed by atoms with Crippen LogP contribution < -0.4 is 14.8 Å². The maximum absolute atomic E-state index is 11.5. The highest BCUT2D eigenvalue weighted by atomic mass is 16.7. The zero-order valence-corrected chi connectivity index (χ0v) is 16.3. The Morgan fingerprint density at radius 2 is 1.85 bits per heavy atom. The van der Waals surface area contributed by atoms with E-state index in [2.05, 4.69) is 30.5 Å². The van der Waals surface area contributed by atoms with E-state index < -0.39 is 0 Å². The Hall–Kier alpha value is -2.49. The van der Waals surface area contributed by atoms with E-state index in [9.17, 15) is 4.79 Å². The third kappa shape index (κ3) is 8.63. The third-order valence-electron chi connectivity index (χ3n) is 4.27. The fourth-order valence-corrected chi connectivity index (χ4v) is 2.72. The number of nitrogens with one attached hydrogen (secondary N) is 1. The van der Waals surface area contributed by atoms with E-state index in [1.807, 2.05) is 30.4 Å². The first-order chi connectivity index (χ1) is 13.3. The zero-order chi connectivity index (χ0) is 19.2. The van der Waals surface area contributed by atoms with Gasteiger partial charge in [-0.3, -0.25) is 4.79 Å². The highest BCUT2D eigenvalue weighted by Gasteiger charge is 2.11. The summed E-state index contributed by atoms with van der Waals surface area (Å²) in [6.45, 7) is 3.23. The lowest BCUT2D eigenvalue weighted by Crippen LogP contribution is -2.21. The van der Waals surface area contributed by atoms with Crippen LogP contribution in [0.5, 0.6) is 11.5 Å². The monoisotopic (exact) mass is 369 g/mol. The Morgan fingerprint density at radius 3 is 2.70 bits per heavy atom. The summed E-state index contributed by atoms with van der Waals surface area (Å²) < 4.78 is 10.7. The molecule has 0 radical (unpaired) electrons. The molecule has 4 heteroatoms. The summed E-state index contributed by atoms with van der Waals surface area (Å²) in [6, 6.07) is 6.00. The number of hydrogen-bond acceptors (Lipinski definition) is 3. The quantitative estimate of drug-likeness (QED) is 0.304. The molecule has 0 aliphatic carbocycles. The number of carbonyl (C=O) groups is 1. The number of ether oxygens (including phenoxy) is 2. The molecule has 0 saturated heterocycles. The molecule has 0 saturated carbocycles. The molecular formula is C23H31NO3. The number of fused-ring (bicyclic) bond motifs is 1. The Bertz CT molecular complexity index is 662. The predicted octanol–water partition coefficient (Wildman–Crippen LogP) is 5.41. The molecule has 27 heavy (non-hydrogen) atoms. The minimum Gasteiger partial charge on any atom is -0.454 e. The molecule has 0 fully saturated rings. The van der Waals surface area contributed by atoms with Crippen LogP contribution in [0.3, 0.4) is 0 Å². The second-order valence-electron chi connectivity index (χ2n) is 6.58. The van der Waals surface area contributed by atoms with Crippen molar-refractivity contribution < 1.29 is 14.3 Å². The van der Waals surface area contributed by atoms with Crippen LogP contribution in [-0.4, -0.2) is 19.2 Å². The van der Waals surface area contributed by atoms with Crippen molar-refractivity contribution in [2.75, 3.05) is 13.3 Å². The summed E-state index contributed by atoms with van der Waals surface area (Å²) in [5, 5.41) is 2.89. The van der Waals surface area contributed by atoms with Crippen molar-refractivity contribution in [3.8, 4) is 11.5 Å². The van der Waals surface area contributed by atoms with E-state index in [1.54, 1.807) is 6.08 Å². The maximum Gasteiger partial charge on any atom is 0.243 e. The molecule has 0 spiro atoms. The molecule has 1 aromatic carbocycles. The lowest BCUT2D eigenvalue weighted by Gasteiger charge is -1.99. The molecule has 1 heterocycles. The first kappa shape index (κ1) is 20.8. The number of benzene rings is 1. The average Bonchev–Trinajstić information content (AvgIpc) is 3.14. The van der Waals surface area contributed by atoms with E-state index in [-0.39, 0.29) is 5.91 Å². The highest BCUT2D eigenvalue weighted by molar-refractivity contribution is 5.87. The normalized spacial score (nSPS) is 13.2. The number of carbonyl (C=O) groups excluding carboxylic acids is 1. The summed E-state index contributed by atoms with van der Waals surface area (Å²) in [7, 11) is 0. The second kappa shape index (κ2) is 12.8. The summed E-state index contributed by atoms with van der Waals surface area (Å²) in [4.78, 5) is 11.5. The molecule has 0 atom stereocenters. The van der Waals surface area contributed by atoms with E-state index in [4.69, 9.17) is 9.47 Å². The molecule has 0 unspecified atom stereocenters. The van der Waals surface area contributed by atoms with Crippen molar-refractivity contribution in [1.82, 2.24) is 5.32 Å². The number of hydrogen-bond donors (Lipinski definition) is 1. The fourth-order valence-electron chi connectivity index (χ4n) is 2.72. The first-order valence-corrected chi connectivity index (χ1v) is 9.97. The second-order valence-corrected chi connectivity index (χ2v) is 6.58. The maximum atomic E-state index is 11.5. The standard InChI is InChI=1S/C23H31NO3/c1-2-3-12-17-24-23(25)14-11-9-7-5-4-6-8-10-13-20-15-16-21-22(18-20)27-19-26-21/h7,9-11,13-16,18H,2-6,8,12,17,19H2,1H3,(H,24,25)/b9-7+,13-10+,14-11+. The number of unbranched alkanes of at least 4 members (excludes halogenated alkanes) is 5. The topological polar surface area (TPSA) is 47.6 Å². The summed E-state index contributed by atoms with van der Waals surface area (Å²) >= 11 is 0. The van der Waals surface area contributed by atoms with E-state index in [1.165, 1.54) is 6.42 Å². The van der Waals surface area contributed by atoms with Gasteiger partial charge in [-0.15, -0.1) is 0 Å². The van der Waals surface area contributed by atoms with Crippen LogP contribution in [0, 0.1) is 0 Å². The average molecular weight is 370 g/mol. The van der Waals surface area contributed by atoms with Crippen LogP contribution in [0.25, 0.3) is 6.08 Å². The molecule has 1 aliphatic rings. The van der Waals surface area contributed by atoms with Crippen molar-refractivity contribution in [2.24, 2.45) is 0 Å². The SMILES string of the molecule is CCCCCNC(=O)/C=C/C=C/CCCC/C=C/c1ccc2c(c1)OCO2. The van der Waals surface area contributed by atoms with Crippen molar-refractivity contribution >= 4 is 12.0 Å². The smallest absolute Gasteiger partial charge is 0.243 e. The molecule has 4 nitrogen and oxygen atoms in total. The van der Waals surface area contributed by atoms with Crippen LogP contribution in [0.4, 0.5) is 0 Å². The van der Waals surface area contributed by atoms with E-state index in [0.29, 0.717) is 6.79 Å². The Kier molecular flexibility index (Phi) is 9.87. The van der Waals surface area contributed by atoms with Gasteiger partial charge in [-0.25, -0.2) is 0 Å². The third-order valence-corrected chi connectivity index (χ3v) is 4.27. The highest BCUT2D eigenvalue weighted by Crippen LogP contribution is 2.32. The minimum absolute atomic E-state index is 0.00981. The van der Waals surface area contributed by atoms with Gasteiger partial charge in [-0.1, -0.05) is 56.2 Å². The molecule has 2 rings (SSSR count). The Morgan fingerprint density at radius 1 is 1.04 bits per heavy atom. The molecule has 146 valence electrons. The molecular weight excluding hydrogens is 338 g/mol. The molecule has 1 amide bonds. The fraction of sp³-hybridized carbons (Fsp3) is 0.435. The van der Waals surface area contributed by atoms with Gasteiger partial charge in [-0.05, 0) is 49.8 Å². The van der Waals surface area contributed by atoms with Crippen molar-refractivity contribution in [3.05, 3.63) is 54.1 Å². The lowest BCUT2D eigenvalue weighted by atomic mass is 10.1. The molecule has 0 aromatic heterocycles. The predicted molar refractivity (Wildman–Crippen MR) is 111 cm³/mol. The van der Waals surface area contributed by atoms with Crippen molar-refractivity contribution in [1.29, 1.82) is 0 Å². The van der Waals surface area contributed by atoms with Crippen molar-refractivity contribution in [3.63, 3.8) is 0 Å².